The number of nitrogens with zero attached hydrogens (tertiary/aromatic N) is 1. The largest absolute Gasteiger partial charge is 0.481 e. The molecular formula is C25H36F5NO9S3. The van der Waals surface area contributed by atoms with Gasteiger partial charge in [0.1, 0.15) is 0 Å². The lowest BCUT2D eigenvalue weighted by Gasteiger charge is -2.15. The summed E-state index contributed by atoms with van der Waals surface area (Å²) in [6.45, 7) is 2.65. The summed E-state index contributed by atoms with van der Waals surface area (Å²) in [7, 11) is -1.48. The van der Waals surface area contributed by atoms with Crippen LogP contribution in [0.1, 0.15) is 12.8 Å². The fourth-order valence-electron chi connectivity index (χ4n) is 2.95. The van der Waals surface area contributed by atoms with Gasteiger partial charge in [-0.25, -0.2) is 21.6 Å². The fraction of sp³-hybridized carbons (Fsp3) is 0.680. The van der Waals surface area contributed by atoms with Crippen molar-refractivity contribution in [1.82, 2.24) is 4.90 Å². The van der Waals surface area contributed by atoms with Crippen LogP contribution in [-0.2, 0) is 33.6 Å². The molecule has 1 aromatic carbocycles. The molecule has 0 radical (unpaired) electrons. The van der Waals surface area contributed by atoms with E-state index in [1.54, 1.807) is 11.9 Å². The average Bonchev–Trinajstić information content (AvgIpc) is 2.96. The predicted octanol–water partition coefficient (Wildman–Crippen LogP) is 3.02. The molecule has 0 aromatic heterocycles. The van der Waals surface area contributed by atoms with Crippen LogP contribution in [0.5, 0.6) is 5.75 Å². The normalized spacial score (nSPS) is 11.8. The highest BCUT2D eigenvalue weighted by molar-refractivity contribution is 8.00. The van der Waals surface area contributed by atoms with E-state index >= 15 is 0 Å². The molecule has 1 rings (SSSR count). The van der Waals surface area contributed by atoms with E-state index in [9.17, 15) is 40.0 Å². The number of likely N-dealkylation sites (N-methyl/N-ethyl adjacent to an activating group) is 1. The highest BCUT2D eigenvalue weighted by atomic mass is 32.2. The van der Waals surface area contributed by atoms with Gasteiger partial charge in [-0.15, -0.1) is 0 Å². The zero-order valence-electron chi connectivity index (χ0n) is 23.6. The number of carboxylic acid groups (broad SMARTS) is 1. The molecule has 0 saturated heterocycles. The third-order valence-corrected chi connectivity index (χ3v) is 9.12. The Hall–Kier alpha value is -1.70. The molecule has 1 N–H and O–H groups in total. The van der Waals surface area contributed by atoms with Crippen molar-refractivity contribution in [3.63, 3.8) is 0 Å². The molecule has 10 nitrogen and oxygen atoms in total. The summed E-state index contributed by atoms with van der Waals surface area (Å²) in [4.78, 5) is 24.0. The van der Waals surface area contributed by atoms with Crippen molar-refractivity contribution in [2.75, 3.05) is 94.3 Å². The number of carboxylic acids is 1. The molecule has 0 aliphatic carbocycles. The Labute approximate surface area is 255 Å². The van der Waals surface area contributed by atoms with E-state index in [1.165, 1.54) is 23.5 Å². The molecule has 248 valence electrons. The van der Waals surface area contributed by atoms with Crippen LogP contribution in [0.2, 0.25) is 0 Å². The minimum absolute atomic E-state index is 0.0230. The Morgan fingerprint density at radius 3 is 1.81 bits per heavy atom. The number of rotatable bonds is 25. The molecule has 0 aliphatic heterocycles. The number of hydrogen-bond acceptors (Lipinski definition) is 11. The van der Waals surface area contributed by atoms with Gasteiger partial charge in [-0.1, -0.05) is 0 Å². The van der Waals surface area contributed by atoms with Gasteiger partial charge >= 0.3 is 11.9 Å². The van der Waals surface area contributed by atoms with E-state index in [0.717, 1.165) is 0 Å². The maximum atomic E-state index is 13.5. The maximum absolute atomic E-state index is 13.5. The van der Waals surface area contributed by atoms with Gasteiger partial charge < -0.3 is 29.0 Å². The van der Waals surface area contributed by atoms with Gasteiger partial charge in [0.25, 0.3) is 0 Å². The van der Waals surface area contributed by atoms with Gasteiger partial charge in [0.05, 0.1) is 64.0 Å². The quantitative estimate of drug-likeness (QED) is 0.0406. The van der Waals surface area contributed by atoms with Crippen molar-refractivity contribution in [1.29, 1.82) is 0 Å². The predicted molar refractivity (Wildman–Crippen MR) is 152 cm³/mol. The molecule has 0 saturated carbocycles. The van der Waals surface area contributed by atoms with Crippen LogP contribution in [0.15, 0.2) is 0 Å². The number of aliphatic carboxylic acids is 1. The van der Waals surface area contributed by atoms with Crippen LogP contribution < -0.4 is 4.74 Å². The number of carbonyl (C=O) groups excluding carboxylic acids is 1. The molecule has 0 aliphatic rings. The lowest BCUT2D eigenvalue weighted by Crippen LogP contribution is -2.26. The van der Waals surface area contributed by atoms with E-state index in [4.69, 9.17) is 19.3 Å². The van der Waals surface area contributed by atoms with E-state index in [0.29, 0.717) is 63.4 Å². The summed E-state index contributed by atoms with van der Waals surface area (Å²) in [5.74, 6) is -13.2. The zero-order chi connectivity index (χ0) is 32.3. The summed E-state index contributed by atoms with van der Waals surface area (Å²) < 4.78 is 111. The molecule has 0 fully saturated rings. The van der Waals surface area contributed by atoms with E-state index in [2.05, 4.69) is 4.74 Å². The van der Waals surface area contributed by atoms with Gasteiger partial charge in [-0.3, -0.25) is 9.59 Å². The highest BCUT2D eigenvalue weighted by Crippen LogP contribution is 2.29. The van der Waals surface area contributed by atoms with E-state index in [1.807, 2.05) is 0 Å². The molecular weight excluding hydrogens is 649 g/mol. The minimum Gasteiger partial charge on any atom is -0.481 e. The highest BCUT2D eigenvalue weighted by Gasteiger charge is 2.28. The average molecular weight is 686 g/mol. The van der Waals surface area contributed by atoms with Gasteiger partial charge in [0.2, 0.25) is 34.8 Å². The number of carbonyl (C=O) groups is 2. The number of ether oxygens (including phenoxy) is 4. The Balaban J connectivity index is 1.97. The summed E-state index contributed by atoms with van der Waals surface area (Å²) in [6.07, 6.45) is -0.293. The van der Waals surface area contributed by atoms with Crippen LogP contribution in [0, 0.1) is 29.1 Å². The second-order valence-electron chi connectivity index (χ2n) is 8.78. The van der Waals surface area contributed by atoms with Crippen molar-refractivity contribution in [2.24, 2.45) is 0 Å². The van der Waals surface area contributed by atoms with Crippen molar-refractivity contribution in [3.8, 4) is 5.75 Å². The first-order valence-electron chi connectivity index (χ1n) is 13.1. The van der Waals surface area contributed by atoms with Crippen molar-refractivity contribution < 1.29 is 64.0 Å². The Bertz CT molecular complexity index is 1090. The van der Waals surface area contributed by atoms with Gasteiger partial charge in [-0.2, -0.15) is 32.3 Å². The van der Waals surface area contributed by atoms with Crippen LogP contribution in [-0.4, -0.2) is 125 Å². The van der Waals surface area contributed by atoms with Crippen LogP contribution >= 0.6 is 23.5 Å². The lowest BCUT2D eigenvalue weighted by atomic mass is 10.2. The van der Waals surface area contributed by atoms with E-state index < -0.39 is 56.6 Å². The number of halogens is 5. The number of thioether (sulfide) groups is 2. The molecule has 0 amide bonds. The number of hydrogen-bond donors (Lipinski definition) is 1. The standard InChI is InChI=1S/C25H36F5NO9S3/c1-31(4-2-18(32)33)5-6-37-11-16-43(35,36)17-15-42-14-10-39-8-7-38-9-13-41-12-3-19(34)40-25-23(29)21(27)20(26)22(28)24(25)30/h2-17H2,1H3,(H,32,33). The molecule has 0 atom stereocenters. The van der Waals surface area contributed by atoms with Crippen molar-refractivity contribution in [2.45, 2.75) is 12.8 Å². The van der Waals surface area contributed by atoms with Crippen molar-refractivity contribution in [3.05, 3.63) is 29.1 Å². The summed E-state index contributed by atoms with van der Waals surface area (Å²) in [6, 6.07) is 0. The fourth-order valence-corrected chi connectivity index (χ4v) is 6.20. The summed E-state index contributed by atoms with van der Waals surface area (Å²) in [5.41, 5.74) is 0. The molecule has 1 aromatic rings. The first-order valence-corrected chi connectivity index (χ1v) is 17.2. The Morgan fingerprint density at radius 2 is 1.23 bits per heavy atom. The first kappa shape index (κ1) is 39.3. The second kappa shape index (κ2) is 21.9. The van der Waals surface area contributed by atoms with Gasteiger partial charge in [0, 0.05) is 36.1 Å². The number of sulfone groups is 1. The molecule has 0 bridgehead atoms. The zero-order valence-corrected chi connectivity index (χ0v) is 26.0. The smallest absolute Gasteiger partial charge is 0.312 e. The Kier molecular flexibility index (Phi) is 20.0. The Morgan fingerprint density at radius 1 is 0.698 bits per heavy atom. The summed E-state index contributed by atoms with van der Waals surface area (Å²) >= 11 is 2.70. The number of esters is 1. The van der Waals surface area contributed by atoms with Gasteiger partial charge in [-0.05, 0) is 7.05 Å². The van der Waals surface area contributed by atoms with Crippen LogP contribution in [0.3, 0.4) is 0 Å². The molecule has 43 heavy (non-hydrogen) atoms. The SMILES string of the molecule is CN(CCOCCS(=O)(=O)CCSCCOCCOCCSCCC(=O)Oc1c(F)c(F)c(F)c(F)c1F)CCC(=O)O. The lowest BCUT2D eigenvalue weighted by molar-refractivity contribution is -0.137. The minimum atomic E-state index is -3.24. The van der Waals surface area contributed by atoms with Gasteiger partial charge in [0.15, 0.2) is 9.84 Å². The van der Waals surface area contributed by atoms with E-state index in [-0.39, 0.29) is 36.7 Å². The molecule has 18 heteroatoms. The maximum Gasteiger partial charge on any atom is 0.312 e. The third kappa shape index (κ3) is 17.4. The molecule has 0 spiro atoms. The third-order valence-electron chi connectivity index (χ3n) is 5.35. The van der Waals surface area contributed by atoms with Crippen LogP contribution in [0.4, 0.5) is 22.0 Å². The van der Waals surface area contributed by atoms with Crippen molar-refractivity contribution >= 4 is 45.3 Å². The topological polar surface area (TPSA) is 129 Å². The molecule has 0 heterocycles. The first-order chi connectivity index (χ1) is 20.4. The second-order valence-corrected chi connectivity index (χ2v) is 13.5. The molecule has 0 unspecified atom stereocenters. The summed E-state index contributed by atoms with van der Waals surface area (Å²) in [5, 5.41) is 8.64. The van der Waals surface area contributed by atoms with Crippen LogP contribution in [0.25, 0.3) is 0 Å². The monoisotopic (exact) mass is 685 g/mol. The number of benzene rings is 1.